The molecule has 142 valence electrons. The van der Waals surface area contributed by atoms with Crippen molar-refractivity contribution in [2.45, 2.75) is 44.8 Å². The fourth-order valence-electron chi connectivity index (χ4n) is 3.34. The molecule has 1 saturated heterocycles. The molecule has 6 heteroatoms. The number of hydrogen-bond acceptors (Lipinski definition) is 6. The third-order valence-electron chi connectivity index (χ3n) is 4.77. The van der Waals surface area contributed by atoms with E-state index < -0.39 is 0 Å². The van der Waals surface area contributed by atoms with Crippen LogP contribution in [0.2, 0.25) is 0 Å². The number of aryl methyl sites for hydroxylation is 1. The van der Waals surface area contributed by atoms with Crippen LogP contribution < -0.4 is 0 Å². The van der Waals surface area contributed by atoms with E-state index in [0.717, 1.165) is 32.4 Å². The number of rotatable bonds is 10. The zero-order valence-electron chi connectivity index (χ0n) is 15.6. The van der Waals surface area contributed by atoms with E-state index in [0.29, 0.717) is 37.5 Å². The van der Waals surface area contributed by atoms with E-state index in [1.807, 2.05) is 0 Å². The normalized spacial score (nSPS) is 16.2. The second-order valence-electron chi connectivity index (χ2n) is 6.79. The Labute approximate surface area is 155 Å². The maximum absolute atomic E-state index is 6.00. The zero-order chi connectivity index (χ0) is 18.0. The lowest BCUT2D eigenvalue weighted by atomic mass is 10.1. The van der Waals surface area contributed by atoms with Crippen molar-refractivity contribution in [1.29, 1.82) is 0 Å². The molecule has 1 aliphatic heterocycles. The summed E-state index contributed by atoms with van der Waals surface area (Å²) >= 11 is 0. The molecule has 1 aliphatic rings. The molecule has 0 atom stereocenters. The van der Waals surface area contributed by atoms with Crippen LogP contribution in [0.3, 0.4) is 0 Å². The Morgan fingerprint density at radius 1 is 1.15 bits per heavy atom. The summed E-state index contributed by atoms with van der Waals surface area (Å²) in [6.07, 6.45) is 5.62. The van der Waals surface area contributed by atoms with Crippen molar-refractivity contribution in [3.63, 3.8) is 0 Å². The minimum Gasteiger partial charge on any atom is -0.378 e. The standard InChI is InChI=1S/C20H29N3O3/c1-24-16-20-21-19(22-26-20)11-15-25-18-9-13-23(14-10-18)12-5-8-17-6-3-2-4-7-17/h2-4,6-7,18H,5,8-16H2,1H3. The van der Waals surface area contributed by atoms with Crippen LogP contribution in [0, 0.1) is 0 Å². The summed E-state index contributed by atoms with van der Waals surface area (Å²) in [5, 5.41) is 3.93. The quantitative estimate of drug-likeness (QED) is 0.650. The number of ether oxygens (including phenoxy) is 2. The van der Waals surface area contributed by atoms with Crippen molar-refractivity contribution in [2.24, 2.45) is 0 Å². The van der Waals surface area contributed by atoms with E-state index in [9.17, 15) is 0 Å². The topological polar surface area (TPSA) is 60.6 Å². The van der Waals surface area contributed by atoms with Gasteiger partial charge in [-0.2, -0.15) is 4.98 Å². The van der Waals surface area contributed by atoms with E-state index in [4.69, 9.17) is 14.0 Å². The van der Waals surface area contributed by atoms with Crippen LogP contribution in [0.4, 0.5) is 0 Å². The number of likely N-dealkylation sites (tertiary alicyclic amines) is 1. The molecule has 0 N–H and O–H groups in total. The monoisotopic (exact) mass is 359 g/mol. The smallest absolute Gasteiger partial charge is 0.252 e. The molecule has 0 unspecified atom stereocenters. The van der Waals surface area contributed by atoms with Gasteiger partial charge in [0.2, 0.25) is 0 Å². The first-order chi connectivity index (χ1) is 12.8. The van der Waals surface area contributed by atoms with Gasteiger partial charge in [-0.1, -0.05) is 35.5 Å². The molecule has 1 aromatic heterocycles. The molecule has 0 amide bonds. The molecule has 0 aliphatic carbocycles. The molecular weight excluding hydrogens is 330 g/mol. The highest BCUT2D eigenvalue weighted by molar-refractivity contribution is 5.14. The zero-order valence-corrected chi connectivity index (χ0v) is 15.6. The molecule has 0 radical (unpaired) electrons. The van der Waals surface area contributed by atoms with E-state index in [-0.39, 0.29) is 0 Å². The molecule has 3 rings (SSSR count). The molecule has 26 heavy (non-hydrogen) atoms. The molecule has 0 spiro atoms. The Morgan fingerprint density at radius 2 is 1.96 bits per heavy atom. The summed E-state index contributed by atoms with van der Waals surface area (Å²) in [7, 11) is 1.61. The first-order valence-corrected chi connectivity index (χ1v) is 9.52. The van der Waals surface area contributed by atoms with Gasteiger partial charge < -0.3 is 18.9 Å². The predicted octanol–water partition coefficient (Wildman–Crippen LogP) is 2.87. The van der Waals surface area contributed by atoms with Gasteiger partial charge in [-0.15, -0.1) is 0 Å². The number of methoxy groups -OCH3 is 1. The van der Waals surface area contributed by atoms with Crippen LogP contribution in [0.5, 0.6) is 0 Å². The van der Waals surface area contributed by atoms with Crippen LogP contribution in [0.15, 0.2) is 34.9 Å². The van der Waals surface area contributed by atoms with Crippen LogP contribution in [0.1, 0.15) is 36.5 Å². The van der Waals surface area contributed by atoms with E-state index in [1.54, 1.807) is 7.11 Å². The summed E-state index contributed by atoms with van der Waals surface area (Å²) in [6, 6.07) is 10.7. The van der Waals surface area contributed by atoms with Crippen molar-refractivity contribution in [3.05, 3.63) is 47.6 Å². The first-order valence-electron chi connectivity index (χ1n) is 9.52. The minimum atomic E-state index is 0.353. The maximum Gasteiger partial charge on any atom is 0.252 e. The van der Waals surface area contributed by atoms with Crippen molar-refractivity contribution in [2.75, 3.05) is 33.4 Å². The van der Waals surface area contributed by atoms with Gasteiger partial charge in [0.05, 0.1) is 12.7 Å². The summed E-state index contributed by atoms with van der Waals surface area (Å²) < 4.78 is 16.1. The summed E-state index contributed by atoms with van der Waals surface area (Å²) in [5.41, 5.74) is 1.43. The van der Waals surface area contributed by atoms with Crippen molar-refractivity contribution >= 4 is 0 Å². The Morgan fingerprint density at radius 3 is 2.73 bits per heavy atom. The summed E-state index contributed by atoms with van der Waals surface area (Å²) in [4.78, 5) is 6.82. The highest BCUT2D eigenvalue weighted by atomic mass is 16.5. The van der Waals surface area contributed by atoms with Crippen LogP contribution >= 0.6 is 0 Å². The predicted molar refractivity (Wildman–Crippen MR) is 98.9 cm³/mol. The number of hydrogen-bond donors (Lipinski definition) is 0. The highest BCUT2D eigenvalue weighted by Gasteiger charge is 2.19. The van der Waals surface area contributed by atoms with Crippen LogP contribution in [-0.4, -0.2) is 54.5 Å². The number of nitrogens with zero attached hydrogens (tertiary/aromatic N) is 3. The Kier molecular flexibility index (Phi) is 7.61. The van der Waals surface area contributed by atoms with Gasteiger partial charge in [-0.05, 0) is 37.8 Å². The molecule has 0 saturated carbocycles. The van der Waals surface area contributed by atoms with Gasteiger partial charge >= 0.3 is 0 Å². The lowest BCUT2D eigenvalue weighted by molar-refractivity contribution is 0.00828. The lowest BCUT2D eigenvalue weighted by Crippen LogP contribution is -2.37. The molecule has 6 nitrogen and oxygen atoms in total. The van der Waals surface area contributed by atoms with Gasteiger partial charge in [0, 0.05) is 26.6 Å². The number of piperidine rings is 1. The van der Waals surface area contributed by atoms with Crippen LogP contribution in [0.25, 0.3) is 0 Å². The third kappa shape index (κ3) is 6.20. The van der Waals surface area contributed by atoms with Crippen molar-refractivity contribution in [1.82, 2.24) is 15.0 Å². The molecular formula is C20H29N3O3. The summed E-state index contributed by atoms with van der Waals surface area (Å²) in [5.74, 6) is 1.21. The largest absolute Gasteiger partial charge is 0.378 e. The van der Waals surface area contributed by atoms with E-state index in [2.05, 4.69) is 45.4 Å². The average molecular weight is 359 g/mol. The molecule has 2 aromatic rings. The lowest BCUT2D eigenvalue weighted by Gasteiger charge is -2.31. The second kappa shape index (κ2) is 10.4. The van der Waals surface area contributed by atoms with Crippen molar-refractivity contribution in [3.8, 4) is 0 Å². The number of benzene rings is 1. The van der Waals surface area contributed by atoms with Crippen molar-refractivity contribution < 1.29 is 14.0 Å². The van der Waals surface area contributed by atoms with Gasteiger partial charge in [-0.25, -0.2) is 0 Å². The van der Waals surface area contributed by atoms with Gasteiger partial charge in [-0.3, -0.25) is 0 Å². The average Bonchev–Trinajstić information content (AvgIpc) is 3.12. The van der Waals surface area contributed by atoms with Gasteiger partial charge in [0.1, 0.15) is 6.61 Å². The van der Waals surface area contributed by atoms with Crippen LogP contribution in [-0.2, 0) is 28.9 Å². The fourth-order valence-corrected chi connectivity index (χ4v) is 3.34. The second-order valence-corrected chi connectivity index (χ2v) is 6.79. The third-order valence-corrected chi connectivity index (χ3v) is 4.77. The highest BCUT2D eigenvalue weighted by Crippen LogP contribution is 2.15. The first kappa shape index (κ1) is 19.0. The Balaban J connectivity index is 1.26. The van der Waals surface area contributed by atoms with E-state index >= 15 is 0 Å². The molecule has 2 heterocycles. The Hall–Kier alpha value is -1.76. The Bertz CT molecular complexity index is 624. The SMILES string of the molecule is COCc1nc(CCOC2CCN(CCCc3ccccc3)CC2)no1. The minimum absolute atomic E-state index is 0.353. The van der Waals surface area contributed by atoms with Gasteiger partial charge in [0.25, 0.3) is 5.89 Å². The molecule has 1 fully saturated rings. The number of aromatic nitrogens is 2. The fraction of sp³-hybridized carbons (Fsp3) is 0.600. The molecule has 1 aromatic carbocycles. The molecule has 0 bridgehead atoms. The maximum atomic E-state index is 6.00. The summed E-state index contributed by atoms with van der Waals surface area (Å²) in [6.45, 7) is 4.42. The van der Waals surface area contributed by atoms with Gasteiger partial charge in [0.15, 0.2) is 5.82 Å². The van der Waals surface area contributed by atoms with E-state index in [1.165, 1.54) is 18.5 Å².